The largest absolute Gasteiger partial charge is 0.449 e. The first kappa shape index (κ1) is 29.0. The van der Waals surface area contributed by atoms with Crippen LogP contribution < -0.4 is 10.2 Å². The van der Waals surface area contributed by atoms with Crippen molar-refractivity contribution in [3.05, 3.63) is 64.1 Å². The molecule has 0 aromatic heterocycles. The van der Waals surface area contributed by atoms with Gasteiger partial charge in [0.1, 0.15) is 11.1 Å². The van der Waals surface area contributed by atoms with Crippen LogP contribution in [0, 0.1) is 5.92 Å². The molecule has 0 aliphatic carbocycles. The Hall–Kier alpha value is -2.52. The van der Waals surface area contributed by atoms with Crippen molar-refractivity contribution in [3.8, 4) is 0 Å². The van der Waals surface area contributed by atoms with E-state index in [2.05, 4.69) is 27.2 Å². The summed E-state index contributed by atoms with van der Waals surface area (Å²) in [5.74, 6) is 0.377. The monoisotopic (exact) mass is 588 g/mol. The number of piperidine rings is 1. The average molecular weight is 590 g/mol. The highest BCUT2D eigenvalue weighted by Crippen LogP contribution is 2.39. The van der Waals surface area contributed by atoms with Crippen molar-refractivity contribution in [2.75, 3.05) is 57.5 Å². The first-order valence-electron chi connectivity index (χ1n) is 14.1. The van der Waals surface area contributed by atoms with Gasteiger partial charge < -0.3 is 29.5 Å². The Kier molecular flexibility index (Phi) is 8.80. The van der Waals surface area contributed by atoms with Crippen LogP contribution in [0.2, 0.25) is 10.0 Å². The second kappa shape index (κ2) is 12.1. The average Bonchev–Trinajstić information content (AvgIpc) is 3.53. The van der Waals surface area contributed by atoms with Crippen LogP contribution in [0.1, 0.15) is 38.7 Å². The first-order chi connectivity index (χ1) is 19.2. The van der Waals surface area contributed by atoms with Gasteiger partial charge in [-0.2, -0.15) is 0 Å². The summed E-state index contributed by atoms with van der Waals surface area (Å²) < 4.78 is 12.1. The zero-order valence-corrected chi connectivity index (χ0v) is 24.7. The highest BCUT2D eigenvalue weighted by molar-refractivity contribution is 6.42. The number of hydrogen-bond donors (Lipinski definition) is 1. The van der Waals surface area contributed by atoms with Crippen molar-refractivity contribution in [1.82, 2.24) is 15.1 Å². The summed E-state index contributed by atoms with van der Waals surface area (Å²) in [4.78, 5) is 32.0. The molecule has 5 rings (SSSR count). The standard InChI is InChI=1S/C30H38Cl2N4O4/c1-22(2)19-39-28(38)35-15-12-30(20-35,23-8-9-25(31)26(32)18-23)40-17-16-34-13-10-29(11-14-34)27(37)33-21-36(29)24-6-4-3-5-7-24/h3-9,18,22H,10-17,19-21H2,1-2H3,(H,33,37). The molecular weight excluding hydrogens is 551 g/mol. The number of nitrogens with zero attached hydrogens (tertiary/aromatic N) is 3. The number of halogens is 2. The fourth-order valence-corrected chi connectivity index (χ4v) is 6.33. The Morgan fingerprint density at radius 1 is 1.02 bits per heavy atom. The van der Waals surface area contributed by atoms with Crippen LogP contribution in [0.25, 0.3) is 0 Å². The Morgan fingerprint density at radius 3 is 2.48 bits per heavy atom. The lowest BCUT2D eigenvalue weighted by atomic mass is 9.85. The number of benzene rings is 2. The van der Waals surface area contributed by atoms with Crippen LogP contribution in [-0.4, -0.2) is 79.9 Å². The van der Waals surface area contributed by atoms with Gasteiger partial charge in [-0.1, -0.05) is 61.3 Å². The Morgan fingerprint density at radius 2 is 1.77 bits per heavy atom. The summed E-state index contributed by atoms with van der Waals surface area (Å²) in [6.07, 6.45) is 1.82. The highest BCUT2D eigenvalue weighted by Gasteiger charge is 2.50. The van der Waals surface area contributed by atoms with Gasteiger partial charge in [-0.05, 0) is 48.6 Å². The van der Waals surface area contributed by atoms with Gasteiger partial charge in [-0.25, -0.2) is 4.79 Å². The number of rotatable bonds is 8. The quantitative estimate of drug-likeness (QED) is 0.460. The molecule has 2 amide bonds. The van der Waals surface area contributed by atoms with Crippen molar-refractivity contribution in [2.24, 2.45) is 5.92 Å². The van der Waals surface area contributed by atoms with Crippen LogP contribution in [0.4, 0.5) is 10.5 Å². The summed E-state index contributed by atoms with van der Waals surface area (Å²) >= 11 is 12.6. The molecule has 2 aromatic carbocycles. The third kappa shape index (κ3) is 5.91. The smallest absolute Gasteiger partial charge is 0.409 e. The molecule has 1 unspecified atom stereocenters. The van der Waals surface area contributed by atoms with E-state index in [0.717, 1.165) is 43.7 Å². The van der Waals surface area contributed by atoms with Crippen molar-refractivity contribution < 1.29 is 19.1 Å². The summed E-state index contributed by atoms with van der Waals surface area (Å²) in [5.41, 5.74) is 0.763. The van der Waals surface area contributed by atoms with Gasteiger partial charge >= 0.3 is 6.09 Å². The molecule has 3 aliphatic heterocycles. The van der Waals surface area contributed by atoms with Gasteiger partial charge in [-0.15, -0.1) is 0 Å². The van der Waals surface area contributed by atoms with Gasteiger partial charge in [0.05, 0.1) is 36.5 Å². The minimum absolute atomic E-state index is 0.112. The zero-order valence-electron chi connectivity index (χ0n) is 23.2. The number of likely N-dealkylation sites (tertiary alicyclic amines) is 2. The molecule has 1 atom stereocenters. The summed E-state index contributed by atoms with van der Waals surface area (Å²) in [5, 5.41) is 4.01. The molecule has 3 saturated heterocycles. The van der Waals surface area contributed by atoms with Crippen molar-refractivity contribution >= 4 is 40.9 Å². The van der Waals surface area contributed by atoms with Crippen LogP contribution in [0.5, 0.6) is 0 Å². The predicted octanol–water partition coefficient (Wildman–Crippen LogP) is 5.13. The highest BCUT2D eigenvalue weighted by atomic mass is 35.5. The molecule has 0 bridgehead atoms. The third-order valence-corrected chi connectivity index (χ3v) is 9.09. The molecule has 8 nitrogen and oxygen atoms in total. The number of anilines is 1. The summed E-state index contributed by atoms with van der Waals surface area (Å²) in [6.45, 7) is 8.68. The molecule has 0 saturated carbocycles. The van der Waals surface area contributed by atoms with Gasteiger partial charge in [-0.3, -0.25) is 4.79 Å². The van der Waals surface area contributed by atoms with Crippen molar-refractivity contribution in [3.63, 3.8) is 0 Å². The molecule has 3 aliphatic rings. The van der Waals surface area contributed by atoms with Crippen LogP contribution in [0.15, 0.2) is 48.5 Å². The van der Waals surface area contributed by atoms with Gasteiger partial charge in [0.15, 0.2) is 0 Å². The third-order valence-electron chi connectivity index (χ3n) is 8.35. The van der Waals surface area contributed by atoms with E-state index < -0.39 is 11.1 Å². The Bertz CT molecular complexity index is 1210. The summed E-state index contributed by atoms with van der Waals surface area (Å²) in [7, 11) is 0. The van der Waals surface area contributed by atoms with Crippen molar-refractivity contribution in [1.29, 1.82) is 0 Å². The number of hydrogen-bond acceptors (Lipinski definition) is 6. The number of nitrogens with one attached hydrogen (secondary N) is 1. The molecule has 216 valence electrons. The van der Waals surface area contributed by atoms with E-state index in [1.807, 2.05) is 44.2 Å². The van der Waals surface area contributed by atoms with Gasteiger partial charge in [0.2, 0.25) is 5.91 Å². The Balaban J connectivity index is 1.22. The minimum Gasteiger partial charge on any atom is -0.449 e. The molecule has 1 spiro atoms. The number of para-hydroxylation sites is 1. The molecule has 2 aromatic rings. The lowest BCUT2D eigenvalue weighted by molar-refractivity contribution is -0.125. The molecule has 3 fully saturated rings. The van der Waals surface area contributed by atoms with Crippen LogP contribution >= 0.6 is 23.2 Å². The maximum atomic E-state index is 13.0. The molecular formula is C30H38Cl2N4O4. The van der Waals surface area contributed by atoms with E-state index in [-0.39, 0.29) is 17.9 Å². The summed E-state index contributed by atoms with van der Waals surface area (Å²) in [6, 6.07) is 15.7. The van der Waals surface area contributed by atoms with Crippen LogP contribution in [0.3, 0.4) is 0 Å². The lowest BCUT2D eigenvalue weighted by Gasteiger charge is -2.43. The van der Waals surface area contributed by atoms with E-state index in [1.165, 1.54) is 0 Å². The van der Waals surface area contributed by atoms with Crippen LogP contribution in [-0.2, 0) is 19.9 Å². The molecule has 0 radical (unpaired) electrons. The maximum absolute atomic E-state index is 13.0. The van der Waals surface area contributed by atoms with E-state index in [0.29, 0.717) is 49.4 Å². The maximum Gasteiger partial charge on any atom is 0.409 e. The van der Waals surface area contributed by atoms with E-state index in [9.17, 15) is 9.59 Å². The molecule has 3 heterocycles. The minimum atomic E-state index is -0.697. The predicted molar refractivity (Wildman–Crippen MR) is 157 cm³/mol. The molecule has 1 N–H and O–H groups in total. The fraction of sp³-hybridized carbons (Fsp3) is 0.533. The number of ether oxygens (including phenoxy) is 2. The van der Waals surface area contributed by atoms with E-state index in [4.69, 9.17) is 32.7 Å². The number of carbonyl (C=O) groups is 2. The van der Waals surface area contributed by atoms with Gasteiger partial charge in [0.25, 0.3) is 0 Å². The van der Waals surface area contributed by atoms with Crippen molar-refractivity contribution in [2.45, 2.75) is 44.2 Å². The lowest BCUT2D eigenvalue weighted by Crippen LogP contribution is -2.56. The molecule has 10 heteroatoms. The van der Waals surface area contributed by atoms with E-state index in [1.54, 1.807) is 11.0 Å². The topological polar surface area (TPSA) is 74.3 Å². The Labute approximate surface area is 246 Å². The number of carbonyl (C=O) groups excluding carboxylic acids is 2. The molecule has 40 heavy (non-hydrogen) atoms. The van der Waals surface area contributed by atoms with E-state index >= 15 is 0 Å². The second-order valence-corrected chi connectivity index (χ2v) is 12.2. The number of amides is 2. The fourth-order valence-electron chi connectivity index (χ4n) is 6.03. The SMILES string of the molecule is CC(C)COC(=O)N1CCC(OCCN2CCC3(CC2)C(=O)NCN3c2ccccc2)(c2ccc(Cl)c(Cl)c2)C1. The normalized spacial score (nSPS) is 22.8. The van der Waals surface area contributed by atoms with Gasteiger partial charge in [0, 0.05) is 38.3 Å². The first-order valence-corrected chi connectivity index (χ1v) is 14.8. The second-order valence-electron chi connectivity index (χ2n) is 11.4. The zero-order chi connectivity index (χ0) is 28.3.